The molecule has 1 aromatic carbocycles. The minimum absolute atomic E-state index is 0.164. The van der Waals surface area contributed by atoms with Crippen molar-refractivity contribution in [2.75, 3.05) is 5.32 Å². The van der Waals surface area contributed by atoms with Crippen molar-refractivity contribution in [3.63, 3.8) is 0 Å². The highest BCUT2D eigenvalue weighted by Crippen LogP contribution is 2.27. The summed E-state index contributed by atoms with van der Waals surface area (Å²) in [5.41, 5.74) is 2.29. The van der Waals surface area contributed by atoms with Gasteiger partial charge in [-0.15, -0.1) is 0 Å². The van der Waals surface area contributed by atoms with Crippen LogP contribution in [0.3, 0.4) is 0 Å². The number of fused-ring (bicyclic) bond motifs is 1. The van der Waals surface area contributed by atoms with Crippen molar-refractivity contribution < 1.29 is 9.18 Å². The lowest BCUT2D eigenvalue weighted by Gasteiger charge is -2.01. The van der Waals surface area contributed by atoms with Gasteiger partial charge in [-0.25, -0.2) is 4.39 Å². The van der Waals surface area contributed by atoms with Crippen LogP contribution in [-0.4, -0.2) is 10.9 Å². The molecule has 78 valence electrons. The normalized spacial score (nSPS) is 10.6. The Bertz CT molecular complexity index is 531. The van der Waals surface area contributed by atoms with E-state index in [0.717, 1.165) is 11.2 Å². The second kappa shape index (κ2) is 3.38. The van der Waals surface area contributed by atoms with Gasteiger partial charge in [0.15, 0.2) is 0 Å². The van der Waals surface area contributed by atoms with E-state index < -0.39 is 0 Å². The second-order valence-electron chi connectivity index (χ2n) is 3.50. The molecule has 0 saturated carbocycles. The molecule has 1 heterocycles. The Morgan fingerprint density at radius 2 is 2.20 bits per heavy atom. The molecule has 0 bridgehead atoms. The van der Waals surface area contributed by atoms with Gasteiger partial charge in [0.05, 0.1) is 5.69 Å². The third-order valence-electron chi connectivity index (χ3n) is 2.25. The minimum Gasteiger partial charge on any atom is -0.357 e. The summed E-state index contributed by atoms with van der Waals surface area (Å²) in [4.78, 5) is 14.1. The molecule has 0 aliphatic rings. The van der Waals surface area contributed by atoms with E-state index in [-0.39, 0.29) is 11.7 Å². The van der Waals surface area contributed by atoms with Crippen molar-refractivity contribution in [2.45, 2.75) is 13.8 Å². The summed E-state index contributed by atoms with van der Waals surface area (Å²) in [6.45, 7) is 3.26. The zero-order chi connectivity index (χ0) is 11.0. The Balaban J connectivity index is 2.65. The number of benzene rings is 1. The van der Waals surface area contributed by atoms with Crippen LogP contribution in [-0.2, 0) is 4.79 Å². The van der Waals surface area contributed by atoms with E-state index in [9.17, 15) is 9.18 Å². The number of aryl methyl sites for hydroxylation is 1. The Morgan fingerprint density at radius 3 is 2.87 bits per heavy atom. The van der Waals surface area contributed by atoms with Crippen LogP contribution >= 0.6 is 0 Å². The molecular weight excluding hydrogens is 195 g/mol. The standard InChI is InChI=1S/C11H11FN2O/c1-6-11(14-7(2)15)9-5-8(12)3-4-10(9)13-6/h3-5,13H,1-2H3,(H,14,15). The third kappa shape index (κ3) is 1.70. The molecule has 0 atom stereocenters. The van der Waals surface area contributed by atoms with Crippen molar-refractivity contribution in [1.29, 1.82) is 0 Å². The number of carbonyl (C=O) groups excluding carboxylic acids is 1. The number of amides is 1. The number of hydrogen-bond donors (Lipinski definition) is 2. The van der Waals surface area contributed by atoms with E-state index in [1.165, 1.54) is 19.1 Å². The van der Waals surface area contributed by atoms with Crippen molar-refractivity contribution in [1.82, 2.24) is 4.98 Å². The van der Waals surface area contributed by atoms with Crippen LogP contribution in [0.2, 0.25) is 0 Å². The summed E-state index contributed by atoms with van der Waals surface area (Å²) < 4.78 is 13.0. The lowest BCUT2D eigenvalue weighted by atomic mass is 10.2. The number of anilines is 1. The van der Waals surface area contributed by atoms with E-state index in [0.29, 0.717) is 11.1 Å². The van der Waals surface area contributed by atoms with Crippen LogP contribution in [0, 0.1) is 12.7 Å². The van der Waals surface area contributed by atoms with Gasteiger partial charge in [0.1, 0.15) is 5.82 Å². The van der Waals surface area contributed by atoms with Crippen molar-refractivity contribution >= 4 is 22.5 Å². The predicted octanol–water partition coefficient (Wildman–Crippen LogP) is 2.57. The zero-order valence-electron chi connectivity index (χ0n) is 8.52. The molecule has 0 fully saturated rings. The number of hydrogen-bond acceptors (Lipinski definition) is 1. The molecule has 2 rings (SSSR count). The molecule has 1 amide bonds. The average molecular weight is 206 g/mol. The molecule has 0 unspecified atom stereocenters. The summed E-state index contributed by atoms with van der Waals surface area (Å²) in [6.07, 6.45) is 0. The first-order valence-electron chi connectivity index (χ1n) is 4.63. The summed E-state index contributed by atoms with van der Waals surface area (Å²) >= 11 is 0. The van der Waals surface area contributed by atoms with E-state index in [4.69, 9.17) is 0 Å². The number of aromatic nitrogens is 1. The fraction of sp³-hybridized carbons (Fsp3) is 0.182. The molecule has 0 aliphatic heterocycles. The van der Waals surface area contributed by atoms with Gasteiger partial charge in [-0.3, -0.25) is 4.79 Å². The van der Waals surface area contributed by atoms with Crippen LogP contribution in [0.4, 0.5) is 10.1 Å². The van der Waals surface area contributed by atoms with Gasteiger partial charge in [0, 0.05) is 23.5 Å². The van der Waals surface area contributed by atoms with Gasteiger partial charge in [0.2, 0.25) is 5.91 Å². The van der Waals surface area contributed by atoms with E-state index in [2.05, 4.69) is 10.3 Å². The van der Waals surface area contributed by atoms with Crippen molar-refractivity contribution in [3.05, 3.63) is 29.7 Å². The topological polar surface area (TPSA) is 44.9 Å². The van der Waals surface area contributed by atoms with Crippen LogP contribution < -0.4 is 5.32 Å². The SMILES string of the molecule is CC(=O)Nc1c(C)[nH]c2ccc(F)cc12. The predicted molar refractivity (Wildman–Crippen MR) is 57.3 cm³/mol. The first kappa shape index (κ1) is 9.71. The molecule has 4 heteroatoms. The summed E-state index contributed by atoms with van der Waals surface area (Å²) in [6, 6.07) is 4.45. The average Bonchev–Trinajstić information content (AvgIpc) is 2.43. The maximum Gasteiger partial charge on any atom is 0.221 e. The Morgan fingerprint density at radius 1 is 1.47 bits per heavy atom. The maximum atomic E-state index is 13.0. The summed E-state index contributed by atoms with van der Waals surface area (Å²) in [5, 5.41) is 3.38. The largest absolute Gasteiger partial charge is 0.357 e. The second-order valence-corrected chi connectivity index (χ2v) is 3.50. The molecule has 15 heavy (non-hydrogen) atoms. The molecule has 0 aliphatic carbocycles. The van der Waals surface area contributed by atoms with Gasteiger partial charge >= 0.3 is 0 Å². The molecule has 0 saturated heterocycles. The quantitative estimate of drug-likeness (QED) is 0.740. The summed E-state index contributed by atoms with van der Waals surface area (Å²) in [5.74, 6) is -0.476. The molecule has 2 N–H and O–H groups in total. The number of rotatable bonds is 1. The van der Waals surface area contributed by atoms with E-state index in [1.807, 2.05) is 6.92 Å². The highest BCUT2D eigenvalue weighted by molar-refractivity contribution is 6.02. The highest BCUT2D eigenvalue weighted by atomic mass is 19.1. The molecule has 3 nitrogen and oxygen atoms in total. The number of aromatic amines is 1. The third-order valence-corrected chi connectivity index (χ3v) is 2.25. The maximum absolute atomic E-state index is 13.0. The zero-order valence-corrected chi connectivity index (χ0v) is 8.52. The Kier molecular flexibility index (Phi) is 2.19. The summed E-state index contributed by atoms with van der Waals surface area (Å²) in [7, 11) is 0. The lowest BCUT2D eigenvalue weighted by Crippen LogP contribution is -2.06. The molecule has 2 aromatic rings. The number of nitrogens with one attached hydrogen (secondary N) is 2. The van der Waals surface area contributed by atoms with Gasteiger partial charge in [0.25, 0.3) is 0 Å². The first-order valence-corrected chi connectivity index (χ1v) is 4.63. The minimum atomic E-state index is -0.312. The van der Waals surface area contributed by atoms with Gasteiger partial charge in [-0.2, -0.15) is 0 Å². The highest BCUT2D eigenvalue weighted by Gasteiger charge is 2.09. The van der Waals surface area contributed by atoms with Gasteiger partial charge in [-0.1, -0.05) is 0 Å². The molecule has 0 radical (unpaired) electrons. The van der Waals surface area contributed by atoms with E-state index >= 15 is 0 Å². The van der Waals surface area contributed by atoms with Crippen molar-refractivity contribution in [2.24, 2.45) is 0 Å². The lowest BCUT2D eigenvalue weighted by molar-refractivity contribution is -0.114. The van der Waals surface area contributed by atoms with Gasteiger partial charge in [-0.05, 0) is 25.1 Å². The van der Waals surface area contributed by atoms with Gasteiger partial charge < -0.3 is 10.3 Å². The van der Waals surface area contributed by atoms with Crippen LogP contribution in [0.1, 0.15) is 12.6 Å². The Hall–Kier alpha value is -1.84. The number of carbonyl (C=O) groups is 1. The van der Waals surface area contributed by atoms with Crippen LogP contribution in [0.25, 0.3) is 10.9 Å². The Labute approximate surface area is 86.3 Å². The first-order chi connectivity index (χ1) is 7.08. The monoisotopic (exact) mass is 206 g/mol. The van der Waals surface area contributed by atoms with Crippen LogP contribution in [0.5, 0.6) is 0 Å². The van der Waals surface area contributed by atoms with E-state index in [1.54, 1.807) is 6.07 Å². The number of H-pyrrole nitrogens is 1. The smallest absolute Gasteiger partial charge is 0.221 e. The van der Waals surface area contributed by atoms with Crippen molar-refractivity contribution in [3.8, 4) is 0 Å². The molecule has 0 spiro atoms. The fourth-order valence-electron chi connectivity index (χ4n) is 1.64. The fourth-order valence-corrected chi connectivity index (χ4v) is 1.64. The number of halogens is 1. The molecular formula is C11H11FN2O. The molecule has 1 aromatic heterocycles. The van der Waals surface area contributed by atoms with Crippen LogP contribution in [0.15, 0.2) is 18.2 Å².